The standard InChI is InChI=1S/C13H14.3CH4/c1-2-5-11-8-9-12-6-3-4-7-13(12)10-11;;;/h3-4,6-10H,2,5H2,1H3;3*1H4. The molecule has 2 rings (SSSR count). The van der Waals surface area contributed by atoms with Gasteiger partial charge in [0.2, 0.25) is 0 Å². The largest absolute Gasteiger partial charge is 0.0776 e. The predicted molar refractivity (Wildman–Crippen MR) is 78.1 cm³/mol. The lowest BCUT2D eigenvalue weighted by Crippen LogP contribution is -1.82. The molecule has 0 aliphatic heterocycles. The maximum Gasteiger partial charge on any atom is -0.0181 e. The summed E-state index contributed by atoms with van der Waals surface area (Å²) < 4.78 is 0. The lowest BCUT2D eigenvalue weighted by atomic mass is 10.0. The van der Waals surface area contributed by atoms with Crippen LogP contribution in [0.2, 0.25) is 0 Å². The van der Waals surface area contributed by atoms with Crippen molar-refractivity contribution in [2.45, 2.75) is 42.0 Å². The highest BCUT2D eigenvalue weighted by Gasteiger charge is 1.93. The molecule has 0 fully saturated rings. The molecule has 2 aromatic carbocycles. The zero-order valence-electron chi connectivity index (χ0n) is 7.96. The minimum Gasteiger partial charge on any atom is -0.0776 e. The van der Waals surface area contributed by atoms with E-state index in [4.69, 9.17) is 0 Å². The van der Waals surface area contributed by atoms with Gasteiger partial charge in [-0.05, 0) is 22.8 Å². The van der Waals surface area contributed by atoms with Crippen molar-refractivity contribution in [3.8, 4) is 0 Å². The first-order valence-electron chi connectivity index (χ1n) is 4.88. The molecule has 0 heterocycles. The van der Waals surface area contributed by atoms with Crippen molar-refractivity contribution in [3.63, 3.8) is 0 Å². The first kappa shape index (κ1) is 17.1. The molecular formula is C16H26. The van der Waals surface area contributed by atoms with Crippen molar-refractivity contribution >= 4 is 10.8 Å². The van der Waals surface area contributed by atoms with Crippen LogP contribution in [0.4, 0.5) is 0 Å². The van der Waals surface area contributed by atoms with Crippen molar-refractivity contribution in [3.05, 3.63) is 48.0 Å². The van der Waals surface area contributed by atoms with Crippen LogP contribution >= 0.6 is 0 Å². The fourth-order valence-electron chi connectivity index (χ4n) is 1.68. The summed E-state index contributed by atoms with van der Waals surface area (Å²) >= 11 is 0. The number of hydrogen-bond donors (Lipinski definition) is 0. The predicted octanol–water partition coefficient (Wildman–Crippen LogP) is 5.70. The number of fused-ring (bicyclic) bond motifs is 1. The van der Waals surface area contributed by atoms with E-state index in [0.717, 1.165) is 0 Å². The van der Waals surface area contributed by atoms with Crippen LogP contribution in [0.25, 0.3) is 10.8 Å². The second-order valence-electron chi connectivity index (χ2n) is 3.43. The third kappa shape index (κ3) is 3.69. The fraction of sp³-hybridized carbons (Fsp3) is 0.375. The van der Waals surface area contributed by atoms with E-state index in [1.54, 1.807) is 0 Å². The summed E-state index contributed by atoms with van der Waals surface area (Å²) in [7, 11) is 0. The summed E-state index contributed by atoms with van der Waals surface area (Å²) in [4.78, 5) is 0. The molecule has 0 heteroatoms. The summed E-state index contributed by atoms with van der Waals surface area (Å²) in [5.41, 5.74) is 1.45. The van der Waals surface area contributed by atoms with Gasteiger partial charge in [-0.2, -0.15) is 0 Å². The highest BCUT2D eigenvalue weighted by molar-refractivity contribution is 5.82. The molecule has 2 aromatic rings. The molecule has 0 N–H and O–H groups in total. The maximum absolute atomic E-state index is 2.29. The molecular weight excluding hydrogens is 192 g/mol. The average Bonchev–Trinajstić information content (AvgIpc) is 2.18. The molecule has 0 saturated heterocycles. The van der Waals surface area contributed by atoms with Crippen molar-refractivity contribution in [1.82, 2.24) is 0 Å². The van der Waals surface area contributed by atoms with E-state index in [1.165, 1.54) is 29.2 Å². The zero-order valence-corrected chi connectivity index (χ0v) is 7.96. The summed E-state index contributed by atoms with van der Waals surface area (Å²) in [6, 6.07) is 15.2. The smallest absolute Gasteiger partial charge is 0.0181 e. The van der Waals surface area contributed by atoms with Crippen molar-refractivity contribution in [1.29, 1.82) is 0 Å². The Morgan fingerprint density at radius 3 is 2.06 bits per heavy atom. The summed E-state index contributed by atoms with van der Waals surface area (Å²) in [5.74, 6) is 0. The Kier molecular flexibility index (Phi) is 8.47. The second kappa shape index (κ2) is 7.92. The zero-order chi connectivity index (χ0) is 9.10. The first-order chi connectivity index (χ1) is 6.40. The molecule has 16 heavy (non-hydrogen) atoms. The van der Waals surface area contributed by atoms with Crippen LogP contribution in [0.15, 0.2) is 42.5 Å². The molecule has 0 aliphatic rings. The number of hydrogen-bond acceptors (Lipinski definition) is 0. The number of aryl methyl sites for hydroxylation is 1. The Bertz CT molecular complexity index is 401. The van der Waals surface area contributed by atoms with Gasteiger partial charge in [-0.1, -0.05) is 78.1 Å². The van der Waals surface area contributed by atoms with Crippen LogP contribution in [-0.2, 0) is 6.42 Å². The Balaban J connectivity index is 0. The van der Waals surface area contributed by atoms with Gasteiger partial charge in [0.15, 0.2) is 0 Å². The molecule has 0 spiro atoms. The molecule has 0 bridgehead atoms. The molecule has 0 radical (unpaired) electrons. The van der Waals surface area contributed by atoms with Gasteiger partial charge in [-0.15, -0.1) is 0 Å². The highest BCUT2D eigenvalue weighted by Crippen LogP contribution is 2.16. The van der Waals surface area contributed by atoms with Gasteiger partial charge in [0, 0.05) is 0 Å². The average molecular weight is 218 g/mol. The van der Waals surface area contributed by atoms with Gasteiger partial charge in [0.05, 0.1) is 0 Å². The second-order valence-corrected chi connectivity index (χ2v) is 3.43. The molecule has 0 aromatic heterocycles. The number of benzene rings is 2. The van der Waals surface area contributed by atoms with Gasteiger partial charge in [-0.3, -0.25) is 0 Å². The van der Waals surface area contributed by atoms with Crippen molar-refractivity contribution < 1.29 is 0 Å². The van der Waals surface area contributed by atoms with Crippen LogP contribution in [0.3, 0.4) is 0 Å². The van der Waals surface area contributed by atoms with E-state index in [0.29, 0.717) is 0 Å². The van der Waals surface area contributed by atoms with Crippen LogP contribution in [0.1, 0.15) is 41.2 Å². The van der Waals surface area contributed by atoms with E-state index >= 15 is 0 Å². The van der Waals surface area contributed by atoms with Crippen LogP contribution in [0, 0.1) is 0 Å². The number of rotatable bonds is 2. The minimum atomic E-state index is 0. The van der Waals surface area contributed by atoms with Crippen molar-refractivity contribution in [2.75, 3.05) is 0 Å². The molecule has 90 valence electrons. The Hall–Kier alpha value is -1.30. The Morgan fingerprint density at radius 1 is 0.812 bits per heavy atom. The van der Waals surface area contributed by atoms with E-state index in [-0.39, 0.29) is 22.3 Å². The lowest BCUT2D eigenvalue weighted by molar-refractivity contribution is 0.924. The lowest BCUT2D eigenvalue weighted by Gasteiger charge is -2.01. The molecule has 0 unspecified atom stereocenters. The topological polar surface area (TPSA) is 0 Å². The molecule has 0 nitrogen and oxygen atoms in total. The minimum absolute atomic E-state index is 0. The molecule has 0 atom stereocenters. The quantitative estimate of drug-likeness (QED) is 0.606. The van der Waals surface area contributed by atoms with Crippen molar-refractivity contribution in [2.24, 2.45) is 0 Å². The van der Waals surface area contributed by atoms with Gasteiger partial charge in [0.1, 0.15) is 0 Å². The Labute approximate surface area is 101 Å². The normalized spacial score (nSPS) is 8.56. The summed E-state index contributed by atoms with van der Waals surface area (Å²) in [5, 5.41) is 2.69. The summed E-state index contributed by atoms with van der Waals surface area (Å²) in [6.07, 6.45) is 2.41. The van der Waals surface area contributed by atoms with E-state index < -0.39 is 0 Å². The monoisotopic (exact) mass is 218 g/mol. The maximum atomic E-state index is 2.29. The van der Waals surface area contributed by atoms with Crippen LogP contribution < -0.4 is 0 Å². The fourth-order valence-corrected chi connectivity index (χ4v) is 1.68. The van der Waals surface area contributed by atoms with E-state index in [2.05, 4.69) is 49.4 Å². The van der Waals surface area contributed by atoms with Gasteiger partial charge >= 0.3 is 0 Å². The SMILES string of the molecule is C.C.C.CCCc1ccc2ccccc2c1. The molecule has 0 amide bonds. The highest BCUT2D eigenvalue weighted by atomic mass is 14.0. The van der Waals surface area contributed by atoms with Crippen LogP contribution in [0.5, 0.6) is 0 Å². The van der Waals surface area contributed by atoms with E-state index in [1.807, 2.05) is 0 Å². The van der Waals surface area contributed by atoms with Gasteiger partial charge in [-0.25, -0.2) is 0 Å². The van der Waals surface area contributed by atoms with Gasteiger partial charge < -0.3 is 0 Å². The Morgan fingerprint density at radius 2 is 1.44 bits per heavy atom. The third-order valence-corrected chi connectivity index (χ3v) is 2.35. The third-order valence-electron chi connectivity index (χ3n) is 2.35. The molecule has 0 aliphatic carbocycles. The van der Waals surface area contributed by atoms with Crippen LogP contribution in [-0.4, -0.2) is 0 Å². The molecule has 0 saturated carbocycles. The van der Waals surface area contributed by atoms with E-state index in [9.17, 15) is 0 Å². The van der Waals surface area contributed by atoms with Gasteiger partial charge in [0.25, 0.3) is 0 Å². The summed E-state index contributed by atoms with van der Waals surface area (Å²) in [6.45, 7) is 2.22. The first-order valence-corrected chi connectivity index (χ1v) is 4.88.